The van der Waals surface area contributed by atoms with Gasteiger partial charge >= 0.3 is 0 Å². The highest BCUT2D eigenvalue weighted by atomic mass is 16.3. The molecule has 7 aromatic carbocycles. The molecule has 0 bridgehead atoms. The van der Waals surface area contributed by atoms with Crippen molar-refractivity contribution in [3.63, 3.8) is 0 Å². The minimum Gasteiger partial charge on any atom is -0.456 e. The van der Waals surface area contributed by atoms with Gasteiger partial charge in [-0.15, -0.1) is 0 Å². The zero-order valence-corrected chi connectivity index (χ0v) is 30.0. The van der Waals surface area contributed by atoms with E-state index in [0.717, 1.165) is 51.8 Å². The average Bonchev–Trinajstić information content (AvgIpc) is 3.56. The SMILES string of the molecule is C=C1CC(CC)CC(C)(c2ccccc2-c2ccc(N(c3ccc(-c4cccc5ccccc45)cc3)c3ccc4c(c3)oc3ccccc34)cc2)C1. The van der Waals surface area contributed by atoms with Crippen LogP contribution < -0.4 is 4.90 Å². The predicted octanol–water partition coefficient (Wildman–Crippen LogP) is 14.6. The number of nitrogens with zero attached hydrogens (tertiary/aromatic N) is 1. The van der Waals surface area contributed by atoms with Crippen LogP contribution in [-0.4, -0.2) is 0 Å². The summed E-state index contributed by atoms with van der Waals surface area (Å²) in [6.07, 6.45) is 4.60. The third kappa shape index (κ3) is 5.69. The molecule has 0 N–H and O–H groups in total. The van der Waals surface area contributed by atoms with Crippen LogP contribution in [0.4, 0.5) is 17.1 Å². The highest BCUT2D eigenvalue weighted by molar-refractivity contribution is 6.06. The first-order valence-corrected chi connectivity index (χ1v) is 18.6. The second-order valence-electron chi connectivity index (χ2n) is 15.0. The number of hydrogen-bond donors (Lipinski definition) is 0. The van der Waals surface area contributed by atoms with E-state index in [-0.39, 0.29) is 5.41 Å². The molecule has 2 unspecified atom stereocenters. The van der Waals surface area contributed by atoms with Crippen LogP contribution in [0.5, 0.6) is 0 Å². The average molecular weight is 674 g/mol. The van der Waals surface area contributed by atoms with E-state index in [0.29, 0.717) is 5.92 Å². The lowest BCUT2D eigenvalue weighted by atomic mass is 9.64. The van der Waals surface area contributed by atoms with Gasteiger partial charge < -0.3 is 9.32 Å². The van der Waals surface area contributed by atoms with Crippen LogP contribution in [0.15, 0.2) is 174 Å². The normalized spacial score (nSPS) is 17.6. The Balaban J connectivity index is 1.13. The Hall–Kier alpha value is -5.86. The third-order valence-electron chi connectivity index (χ3n) is 11.4. The van der Waals surface area contributed by atoms with Gasteiger partial charge in [0.1, 0.15) is 11.2 Å². The molecule has 254 valence electrons. The predicted molar refractivity (Wildman–Crippen MR) is 221 cm³/mol. The number of anilines is 3. The molecule has 52 heavy (non-hydrogen) atoms. The molecule has 0 spiro atoms. The summed E-state index contributed by atoms with van der Waals surface area (Å²) in [5, 5.41) is 4.77. The lowest BCUT2D eigenvalue weighted by Crippen LogP contribution is -2.31. The van der Waals surface area contributed by atoms with Crippen molar-refractivity contribution >= 4 is 49.8 Å². The fourth-order valence-electron chi connectivity index (χ4n) is 8.93. The molecule has 1 fully saturated rings. The number of para-hydroxylation sites is 1. The van der Waals surface area contributed by atoms with Crippen LogP contribution in [0, 0.1) is 5.92 Å². The Bertz CT molecular complexity index is 2570. The van der Waals surface area contributed by atoms with Crippen molar-refractivity contribution in [2.45, 2.75) is 44.9 Å². The van der Waals surface area contributed by atoms with Crippen molar-refractivity contribution in [2.75, 3.05) is 4.90 Å². The molecule has 2 atom stereocenters. The standard InChI is InChI=1S/C50H43NO/c1-4-35-30-34(2)32-50(3,33-35)47-18-9-7-15-44(47)38-22-26-40(27-23-38)51(41-28-29-46-45-16-8-10-19-48(45)52-49(46)31-41)39-24-20-37(21-25-39)43-17-11-13-36-12-5-6-14-42(36)43/h5-29,31,35H,2,4,30,32-33H2,1,3H3. The van der Waals surface area contributed by atoms with E-state index in [4.69, 9.17) is 4.42 Å². The van der Waals surface area contributed by atoms with Gasteiger partial charge in [0.15, 0.2) is 0 Å². The van der Waals surface area contributed by atoms with Gasteiger partial charge in [0, 0.05) is 33.9 Å². The van der Waals surface area contributed by atoms with Gasteiger partial charge in [-0.1, -0.05) is 142 Å². The summed E-state index contributed by atoms with van der Waals surface area (Å²) in [7, 11) is 0. The van der Waals surface area contributed by atoms with Gasteiger partial charge in [0.25, 0.3) is 0 Å². The lowest BCUT2D eigenvalue weighted by Gasteiger charge is -2.41. The Morgan fingerprint density at radius 3 is 1.98 bits per heavy atom. The first kappa shape index (κ1) is 32.1. The van der Waals surface area contributed by atoms with Crippen molar-refractivity contribution < 1.29 is 4.42 Å². The van der Waals surface area contributed by atoms with Gasteiger partial charge in [-0.2, -0.15) is 0 Å². The minimum absolute atomic E-state index is 0.0745. The zero-order chi connectivity index (χ0) is 35.2. The number of allylic oxidation sites excluding steroid dienone is 1. The van der Waals surface area contributed by atoms with Crippen LogP contribution in [0.3, 0.4) is 0 Å². The molecule has 8 aromatic rings. The lowest BCUT2D eigenvalue weighted by molar-refractivity contribution is 0.281. The zero-order valence-electron chi connectivity index (χ0n) is 30.0. The second kappa shape index (κ2) is 13.0. The van der Waals surface area contributed by atoms with E-state index in [2.05, 4.69) is 171 Å². The number of benzene rings is 7. The molecule has 1 aliphatic carbocycles. The van der Waals surface area contributed by atoms with E-state index in [9.17, 15) is 0 Å². The van der Waals surface area contributed by atoms with Gasteiger partial charge in [0.2, 0.25) is 0 Å². The molecule has 1 aromatic heterocycles. The maximum Gasteiger partial charge on any atom is 0.137 e. The Morgan fingerprint density at radius 1 is 0.615 bits per heavy atom. The fraction of sp³-hybridized carbons (Fsp3) is 0.160. The molecule has 0 radical (unpaired) electrons. The van der Waals surface area contributed by atoms with Crippen LogP contribution in [-0.2, 0) is 5.41 Å². The van der Waals surface area contributed by atoms with Crippen molar-refractivity contribution in [3.8, 4) is 22.3 Å². The summed E-state index contributed by atoms with van der Waals surface area (Å²) < 4.78 is 6.38. The fourth-order valence-corrected chi connectivity index (χ4v) is 8.93. The van der Waals surface area contributed by atoms with Gasteiger partial charge in [-0.05, 0) is 112 Å². The quantitative estimate of drug-likeness (QED) is 0.157. The van der Waals surface area contributed by atoms with Crippen LogP contribution in [0.2, 0.25) is 0 Å². The molecule has 1 saturated carbocycles. The van der Waals surface area contributed by atoms with Crippen LogP contribution in [0.25, 0.3) is 55.0 Å². The molecule has 0 aliphatic heterocycles. The smallest absolute Gasteiger partial charge is 0.137 e. The molecule has 1 heterocycles. The van der Waals surface area contributed by atoms with Crippen molar-refractivity contribution in [2.24, 2.45) is 5.92 Å². The topological polar surface area (TPSA) is 16.4 Å². The molecule has 9 rings (SSSR count). The summed E-state index contributed by atoms with van der Waals surface area (Å²) in [5.41, 5.74) is 12.9. The van der Waals surface area contributed by atoms with E-state index < -0.39 is 0 Å². The Labute approximate surface area is 306 Å². The summed E-state index contributed by atoms with van der Waals surface area (Å²) in [4.78, 5) is 2.34. The summed E-state index contributed by atoms with van der Waals surface area (Å²) in [5.74, 6) is 0.686. The van der Waals surface area contributed by atoms with Crippen molar-refractivity contribution in [3.05, 3.63) is 175 Å². The Kier molecular flexibility index (Phi) is 8.04. The third-order valence-corrected chi connectivity index (χ3v) is 11.4. The summed E-state index contributed by atoms with van der Waals surface area (Å²) in [6, 6.07) is 57.1. The maximum absolute atomic E-state index is 6.38. The minimum atomic E-state index is 0.0745. The second-order valence-corrected chi connectivity index (χ2v) is 15.0. The molecule has 1 aliphatic rings. The monoisotopic (exact) mass is 673 g/mol. The van der Waals surface area contributed by atoms with Gasteiger partial charge in [-0.25, -0.2) is 0 Å². The van der Waals surface area contributed by atoms with Crippen LogP contribution in [0.1, 0.15) is 45.1 Å². The summed E-state index contributed by atoms with van der Waals surface area (Å²) >= 11 is 0. The number of furan rings is 1. The van der Waals surface area contributed by atoms with Crippen molar-refractivity contribution in [1.82, 2.24) is 0 Å². The molecule has 0 amide bonds. The van der Waals surface area contributed by atoms with E-state index in [1.807, 2.05) is 12.1 Å². The Morgan fingerprint density at radius 2 is 1.21 bits per heavy atom. The molecular formula is C50H43NO. The maximum atomic E-state index is 6.38. The highest BCUT2D eigenvalue weighted by Crippen LogP contribution is 2.48. The van der Waals surface area contributed by atoms with Crippen molar-refractivity contribution in [1.29, 1.82) is 0 Å². The van der Waals surface area contributed by atoms with E-state index in [1.165, 1.54) is 57.0 Å². The number of rotatable bonds is 7. The molecular weight excluding hydrogens is 631 g/mol. The number of hydrogen-bond acceptors (Lipinski definition) is 2. The largest absolute Gasteiger partial charge is 0.456 e. The first-order valence-electron chi connectivity index (χ1n) is 18.6. The van der Waals surface area contributed by atoms with Gasteiger partial charge in [0.05, 0.1) is 0 Å². The first-order chi connectivity index (χ1) is 25.5. The number of fused-ring (bicyclic) bond motifs is 4. The highest BCUT2D eigenvalue weighted by Gasteiger charge is 2.36. The van der Waals surface area contributed by atoms with E-state index >= 15 is 0 Å². The summed E-state index contributed by atoms with van der Waals surface area (Å²) in [6.45, 7) is 9.25. The van der Waals surface area contributed by atoms with E-state index in [1.54, 1.807) is 0 Å². The molecule has 2 heteroatoms. The molecule has 0 saturated heterocycles. The molecule has 2 nitrogen and oxygen atoms in total. The van der Waals surface area contributed by atoms with Gasteiger partial charge in [-0.3, -0.25) is 0 Å². The van der Waals surface area contributed by atoms with Crippen LogP contribution >= 0.6 is 0 Å².